The molecule has 0 aliphatic carbocycles. The molecule has 1 N–H and O–H groups in total. The minimum atomic E-state index is -0.776. The maximum absolute atomic E-state index is 13.7. The third-order valence-electron chi connectivity index (χ3n) is 4.96. The van der Waals surface area contributed by atoms with E-state index in [-0.39, 0.29) is 18.3 Å². The first-order chi connectivity index (χ1) is 15.5. The first kappa shape index (κ1) is 21.2. The molecule has 0 aliphatic heterocycles. The van der Waals surface area contributed by atoms with Gasteiger partial charge in [-0.25, -0.2) is 8.78 Å². The van der Waals surface area contributed by atoms with E-state index in [2.05, 4.69) is 10.4 Å². The normalized spacial score (nSPS) is 10.7. The van der Waals surface area contributed by atoms with Crippen LogP contribution in [0.15, 0.2) is 79.1 Å². The second-order valence-corrected chi connectivity index (χ2v) is 7.37. The lowest BCUT2D eigenvalue weighted by Crippen LogP contribution is -2.12. The molecule has 7 heteroatoms. The molecule has 0 saturated carbocycles. The average molecular weight is 433 g/mol. The number of rotatable bonds is 7. The van der Waals surface area contributed by atoms with Crippen LogP contribution < -0.4 is 10.1 Å². The van der Waals surface area contributed by atoms with Crippen molar-refractivity contribution in [2.45, 2.75) is 20.1 Å². The van der Waals surface area contributed by atoms with Gasteiger partial charge in [0.25, 0.3) is 5.91 Å². The van der Waals surface area contributed by atoms with Crippen molar-refractivity contribution in [3.63, 3.8) is 0 Å². The van der Waals surface area contributed by atoms with Crippen LogP contribution in [0.3, 0.4) is 0 Å². The molecule has 32 heavy (non-hydrogen) atoms. The van der Waals surface area contributed by atoms with Crippen molar-refractivity contribution in [1.29, 1.82) is 0 Å². The van der Waals surface area contributed by atoms with Gasteiger partial charge in [-0.15, -0.1) is 0 Å². The SMILES string of the molecule is Cc1ccccc1Cn1cc(NC(=O)c2cccc(COc3ccc(F)cc3F)c2)cn1. The molecule has 0 bridgehead atoms. The quantitative estimate of drug-likeness (QED) is 0.428. The van der Waals surface area contributed by atoms with Crippen LogP contribution in [0.2, 0.25) is 0 Å². The lowest BCUT2D eigenvalue weighted by atomic mass is 10.1. The van der Waals surface area contributed by atoms with Crippen LogP contribution in [0.5, 0.6) is 5.75 Å². The summed E-state index contributed by atoms with van der Waals surface area (Å²) in [6, 6.07) is 18.0. The summed E-state index contributed by atoms with van der Waals surface area (Å²) in [5, 5.41) is 7.14. The summed E-state index contributed by atoms with van der Waals surface area (Å²) in [4.78, 5) is 12.7. The van der Waals surface area contributed by atoms with Crippen LogP contribution in [-0.4, -0.2) is 15.7 Å². The zero-order chi connectivity index (χ0) is 22.5. The molecule has 0 spiro atoms. The Morgan fingerprint density at radius 2 is 1.91 bits per heavy atom. The topological polar surface area (TPSA) is 56.2 Å². The highest BCUT2D eigenvalue weighted by Crippen LogP contribution is 2.20. The highest BCUT2D eigenvalue weighted by Gasteiger charge is 2.10. The highest BCUT2D eigenvalue weighted by atomic mass is 19.1. The monoisotopic (exact) mass is 433 g/mol. The molecule has 1 heterocycles. The zero-order valence-corrected chi connectivity index (χ0v) is 17.4. The van der Waals surface area contributed by atoms with Gasteiger partial charge in [0.1, 0.15) is 12.4 Å². The number of carbonyl (C=O) groups excluding carboxylic acids is 1. The van der Waals surface area contributed by atoms with Gasteiger partial charge in [0.2, 0.25) is 0 Å². The average Bonchev–Trinajstić information content (AvgIpc) is 3.21. The molecule has 3 aromatic carbocycles. The Bertz CT molecular complexity index is 1250. The number of aryl methyl sites for hydroxylation is 1. The van der Waals surface area contributed by atoms with Crippen LogP contribution in [0, 0.1) is 18.6 Å². The molecule has 5 nitrogen and oxygen atoms in total. The number of nitrogens with one attached hydrogen (secondary N) is 1. The molecule has 4 aromatic rings. The van der Waals surface area contributed by atoms with E-state index in [4.69, 9.17) is 4.74 Å². The molecule has 0 fully saturated rings. The number of amides is 1. The number of nitrogens with zero attached hydrogens (tertiary/aromatic N) is 2. The number of hydrogen-bond donors (Lipinski definition) is 1. The van der Waals surface area contributed by atoms with Crippen molar-refractivity contribution in [3.8, 4) is 5.75 Å². The fraction of sp³-hybridized carbons (Fsp3) is 0.120. The minimum absolute atomic E-state index is 0.0397. The molecular formula is C25H21F2N3O2. The van der Waals surface area contributed by atoms with Gasteiger partial charge in [-0.1, -0.05) is 36.4 Å². The third kappa shape index (κ3) is 5.18. The second kappa shape index (κ2) is 9.43. The van der Waals surface area contributed by atoms with Crippen LogP contribution in [-0.2, 0) is 13.2 Å². The summed E-state index contributed by atoms with van der Waals surface area (Å²) in [6.45, 7) is 2.69. The first-order valence-electron chi connectivity index (χ1n) is 10.0. The largest absolute Gasteiger partial charge is 0.486 e. The Morgan fingerprint density at radius 1 is 1.06 bits per heavy atom. The van der Waals surface area contributed by atoms with E-state index in [0.29, 0.717) is 23.4 Å². The molecule has 0 atom stereocenters. The lowest BCUT2D eigenvalue weighted by Gasteiger charge is -2.09. The molecule has 0 radical (unpaired) electrons. The first-order valence-corrected chi connectivity index (χ1v) is 10.0. The number of ether oxygens (including phenoxy) is 1. The summed E-state index contributed by atoms with van der Waals surface area (Å²) in [5.74, 6) is -1.80. The van der Waals surface area contributed by atoms with Gasteiger partial charge < -0.3 is 10.1 Å². The molecule has 0 unspecified atom stereocenters. The van der Waals surface area contributed by atoms with Gasteiger partial charge in [0.15, 0.2) is 11.6 Å². The van der Waals surface area contributed by atoms with Crippen LogP contribution >= 0.6 is 0 Å². The maximum Gasteiger partial charge on any atom is 0.255 e. The summed E-state index contributed by atoms with van der Waals surface area (Å²) in [6.07, 6.45) is 3.37. The van der Waals surface area contributed by atoms with E-state index in [0.717, 1.165) is 17.7 Å². The van der Waals surface area contributed by atoms with Gasteiger partial charge in [0, 0.05) is 17.8 Å². The maximum atomic E-state index is 13.7. The van der Waals surface area contributed by atoms with Crippen LogP contribution in [0.25, 0.3) is 0 Å². The number of halogens is 2. The predicted octanol–water partition coefficient (Wildman–Crippen LogP) is 5.35. The van der Waals surface area contributed by atoms with E-state index < -0.39 is 11.6 Å². The van der Waals surface area contributed by atoms with Crippen molar-refractivity contribution in [3.05, 3.63) is 113 Å². The van der Waals surface area contributed by atoms with Gasteiger partial charge in [-0.3, -0.25) is 9.48 Å². The highest BCUT2D eigenvalue weighted by molar-refractivity contribution is 6.04. The van der Waals surface area contributed by atoms with E-state index in [1.807, 2.05) is 31.2 Å². The smallest absolute Gasteiger partial charge is 0.255 e. The molecule has 4 rings (SSSR count). The number of aromatic nitrogens is 2. The summed E-state index contributed by atoms with van der Waals surface area (Å²) in [7, 11) is 0. The molecule has 162 valence electrons. The van der Waals surface area contributed by atoms with Gasteiger partial charge in [-0.2, -0.15) is 5.10 Å². The fourth-order valence-corrected chi connectivity index (χ4v) is 3.24. The number of benzene rings is 3. The van der Waals surface area contributed by atoms with Gasteiger partial charge >= 0.3 is 0 Å². The predicted molar refractivity (Wildman–Crippen MR) is 118 cm³/mol. The Balaban J connectivity index is 1.39. The summed E-state index contributed by atoms with van der Waals surface area (Å²) < 4.78 is 33.9. The van der Waals surface area contributed by atoms with Crippen molar-refractivity contribution in [1.82, 2.24) is 9.78 Å². The molecule has 1 amide bonds. The van der Waals surface area contributed by atoms with Crippen molar-refractivity contribution in [2.75, 3.05) is 5.32 Å². The van der Waals surface area contributed by atoms with Crippen LogP contribution in [0.4, 0.5) is 14.5 Å². The number of anilines is 1. The standard InChI is InChI=1S/C25H21F2N3O2/c1-17-5-2-3-7-20(17)14-30-15-22(13-28-30)29-25(31)19-8-4-6-18(11-19)16-32-24-10-9-21(26)12-23(24)27/h2-13,15H,14,16H2,1H3,(H,29,31). The lowest BCUT2D eigenvalue weighted by molar-refractivity contribution is 0.102. The van der Waals surface area contributed by atoms with Crippen molar-refractivity contribution < 1.29 is 18.3 Å². The van der Waals surface area contributed by atoms with Crippen LogP contribution in [0.1, 0.15) is 27.0 Å². The van der Waals surface area contributed by atoms with Gasteiger partial charge in [-0.05, 0) is 47.9 Å². The number of hydrogen-bond acceptors (Lipinski definition) is 3. The summed E-state index contributed by atoms with van der Waals surface area (Å²) in [5.41, 5.74) is 4.01. The van der Waals surface area contributed by atoms with Gasteiger partial charge in [0.05, 0.1) is 18.4 Å². The van der Waals surface area contributed by atoms with Crippen molar-refractivity contribution >= 4 is 11.6 Å². The minimum Gasteiger partial charge on any atom is -0.486 e. The molecule has 1 aromatic heterocycles. The summed E-state index contributed by atoms with van der Waals surface area (Å²) >= 11 is 0. The Labute approximate surface area is 184 Å². The molecular weight excluding hydrogens is 412 g/mol. The van der Waals surface area contributed by atoms with E-state index in [9.17, 15) is 13.6 Å². The van der Waals surface area contributed by atoms with Crippen molar-refractivity contribution in [2.24, 2.45) is 0 Å². The van der Waals surface area contributed by atoms with E-state index >= 15 is 0 Å². The van der Waals surface area contributed by atoms with E-state index in [1.165, 1.54) is 11.6 Å². The second-order valence-electron chi connectivity index (χ2n) is 7.37. The fourth-order valence-electron chi connectivity index (χ4n) is 3.24. The number of carbonyl (C=O) groups is 1. The Hall–Kier alpha value is -4.00. The van der Waals surface area contributed by atoms with E-state index in [1.54, 1.807) is 41.3 Å². The third-order valence-corrected chi connectivity index (χ3v) is 4.96. The molecule has 0 saturated heterocycles. The molecule has 0 aliphatic rings. The Morgan fingerprint density at radius 3 is 2.72 bits per heavy atom. The zero-order valence-electron chi connectivity index (χ0n) is 17.4. The Kier molecular flexibility index (Phi) is 6.26.